The van der Waals surface area contributed by atoms with Gasteiger partial charge in [-0.1, -0.05) is 33.1 Å². The summed E-state index contributed by atoms with van der Waals surface area (Å²) in [6.45, 7) is 6.12. The van der Waals surface area contributed by atoms with Crippen LogP contribution >= 0.6 is 0 Å². The van der Waals surface area contributed by atoms with E-state index < -0.39 is 9.76 Å². The number of hydrogen-bond acceptors (Lipinski definition) is 2. The smallest absolute Gasteiger partial charge is 0.288 e. The molecule has 1 aliphatic rings. The van der Waals surface area contributed by atoms with Gasteiger partial charge in [-0.2, -0.15) is 0 Å². The van der Waals surface area contributed by atoms with E-state index in [1.165, 1.54) is 32.6 Å². The van der Waals surface area contributed by atoms with Crippen molar-refractivity contribution >= 4 is 15.7 Å². The maximum absolute atomic E-state index is 10.7. The van der Waals surface area contributed by atoms with Gasteiger partial charge in [-0.3, -0.25) is 4.79 Å². The SMILES string of the molecule is CC(=O)O[SiH2]C1(C)CCCCC1C. The van der Waals surface area contributed by atoms with Gasteiger partial charge >= 0.3 is 0 Å². The first-order valence-electron chi connectivity index (χ1n) is 5.18. The van der Waals surface area contributed by atoms with Gasteiger partial charge in [0.05, 0.1) is 0 Å². The third-order valence-electron chi connectivity index (χ3n) is 3.43. The van der Waals surface area contributed by atoms with Gasteiger partial charge in [0, 0.05) is 6.92 Å². The Hall–Kier alpha value is -0.313. The number of carbonyl (C=O) groups is 1. The molecule has 2 nitrogen and oxygen atoms in total. The molecule has 0 aromatic heterocycles. The van der Waals surface area contributed by atoms with E-state index in [2.05, 4.69) is 13.8 Å². The van der Waals surface area contributed by atoms with Crippen LogP contribution in [0.25, 0.3) is 0 Å². The average molecular weight is 200 g/mol. The predicted molar refractivity (Wildman–Crippen MR) is 56.3 cm³/mol. The topological polar surface area (TPSA) is 26.3 Å². The molecule has 0 aliphatic heterocycles. The molecule has 2 atom stereocenters. The third kappa shape index (κ3) is 2.83. The summed E-state index contributed by atoms with van der Waals surface area (Å²) < 4.78 is 5.25. The molecule has 1 aliphatic carbocycles. The molecular weight excluding hydrogens is 180 g/mol. The molecule has 0 aromatic rings. The normalized spacial score (nSPS) is 35.2. The van der Waals surface area contributed by atoms with E-state index >= 15 is 0 Å². The zero-order valence-electron chi connectivity index (χ0n) is 8.93. The summed E-state index contributed by atoms with van der Waals surface area (Å²) in [5.74, 6) is 0.651. The second kappa shape index (κ2) is 4.27. The maximum atomic E-state index is 10.7. The zero-order valence-corrected chi connectivity index (χ0v) is 10.3. The van der Waals surface area contributed by atoms with Crippen LogP contribution in [0.2, 0.25) is 5.04 Å². The minimum absolute atomic E-state index is 0.0920. The summed E-state index contributed by atoms with van der Waals surface area (Å²) in [6, 6.07) is 0. The van der Waals surface area contributed by atoms with Crippen LogP contribution in [0.15, 0.2) is 0 Å². The molecule has 0 spiro atoms. The minimum atomic E-state index is -0.675. The second-order valence-corrected chi connectivity index (χ2v) is 6.77. The lowest BCUT2D eigenvalue weighted by molar-refractivity contribution is -0.132. The van der Waals surface area contributed by atoms with Crippen LogP contribution in [0.1, 0.15) is 46.5 Å². The Balaban J connectivity index is 2.46. The molecule has 0 amide bonds. The summed E-state index contributed by atoms with van der Waals surface area (Å²) >= 11 is 0. The summed E-state index contributed by atoms with van der Waals surface area (Å²) in [6.07, 6.45) is 5.23. The fraction of sp³-hybridized carbons (Fsp3) is 0.900. The second-order valence-electron chi connectivity index (χ2n) is 4.58. The molecule has 0 heterocycles. The van der Waals surface area contributed by atoms with Crippen LogP contribution in [-0.2, 0) is 9.22 Å². The first-order valence-corrected chi connectivity index (χ1v) is 6.46. The fourth-order valence-corrected chi connectivity index (χ4v) is 3.47. The van der Waals surface area contributed by atoms with Gasteiger partial charge in [-0.25, -0.2) is 0 Å². The van der Waals surface area contributed by atoms with Crippen molar-refractivity contribution in [1.82, 2.24) is 0 Å². The van der Waals surface area contributed by atoms with Crippen LogP contribution in [0, 0.1) is 5.92 Å². The predicted octanol–water partition coefficient (Wildman–Crippen LogP) is 2.02. The van der Waals surface area contributed by atoms with Gasteiger partial charge in [0.25, 0.3) is 5.97 Å². The van der Waals surface area contributed by atoms with E-state index in [1.807, 2.05) is 0 Å². The van der Waals surface area contributed by atoms with Crippen molar-refractivity contribution in [3.63, 3.8) is 0 Å². The van der Waals surface area contributed by atoms with Gasteiger partial charge in [0.1, 0.15) is 0 Å². The molecule has 13 heavy (non-hydrogen) atoms. The highest BCUT2D eigenvalue weighted by Crippen LogP contribution is 2.46. The van der Waals surface area contributed by atoms with Crippen LogP contribution in [0.3, 0.4) is 0 Å². The Morgan fingerprint density at radius 3 is 2.77 bits per heavy atom. The van der Waals surface area contributed by atoms with Crippen molar-refractivity contribution < 1.29 is 9.22 Å². The van der Waals surface area contributed by atoms with Gasteiger partial charge in [-0.15, -0.1) is 0 Å². The summed E-state index contributed by atoms with van der Waals surface area (Å²) in [5.41, 5.74) is 0. The first kappa shape index (κ1) is 10.8. The average Bonchev–Trinajstić information content (AvgIpc) is 2.07. The van der Waals surface area contributed by atoms with Crippen molar-refractivity contribution in [2.45, 2.75) is 51.5 Å². The van der Waals surface area contributed by atoms with E-state index in [-0.39, 0.29) is 5.97 Å². The largest absolute Gasteiger partial charge is 0.525 e. The number of rotatable bonds is 2. The highest BCUT2D eigenvalue weighted by Gasteiger charge is 2.35. The quantitative estimate of drug-likeness (QED) is 0.638. The van der Waals surface area contributed by atoms with Gasteiger partial charge in [-0.05, 0) is 17.4 Å². The number of carbonyl (C=O) groups excluding carboxylic acids is 1. The Bertz CT molecular complexity index is 193. The Morgan fingerprint density at radius 1 is 1.54 bits per heavy atom. The molecule has 1 saturated carbocycles. The van der Waals surface area contributed by atoms with E-state index in [9.17, 15) is 4.79 Å². The Labute approximate surface area is 83.0 Å². The highest BCUT2D eigenvalue weighted by molar-refractivity contribution is 6.35. The van der Waals surface area contributed by atoms with Crippen molar-refractivity contribution in [1.29, 1.82) is 0 Å². The molecule has 0 aromatic carbocycles. The van der Waals surface area contributed by atoms with E-state index in [4.69, 9.17) is 4.43 Å². The Morgan fingerprint density at radius 2 is 2.23 bits per heavy atom. The van der Waals surface area contributed by atoms with Crippen LogP contribution in [0.4, 0.5) is 0 Å². The summed E-state index contributed by atoms with van der Waals surface area (Å²) in [7, 11) is -0.675. The maximum Gasteiger partial charge on any atom is 0.288 e. The molecular formula is C10H20O2Si. The van der Waals surface area contributed by atoms with Crippen molar-refractivity contribution in [3.05, 3.63) is 0 Å². The van der Waals surface area contributed by atoms with E-state index in [0.717, 1.165) is 5.92 Å². The molecule has 0 bridgehead atoms. The van der Waals surface area contributed by atoms with Crippen molar-refractivity contribution in [2.75, 3.05) is 0 Å². The molecule has 0 saturated heterocycles. The minimum Gasteiger partial charge on any atom is -0.525 e. The summed E-state index contributed by atoms with van der Waals surface area (Å²) in [4.78, 5) is 10.7. The fourth-order valence-electron chi connectivity index (χ4n) is 2.06. The van der Waals surface area contributed by atoms with Crippen LogP contribution in [0.5, 0.6) is 0 Å². The summed E-state index contributed by atoms with van der Waals surface area (Å²) in [5, 5.41) is 0.365. The van der Waals surface area contributed by atoms with Gasteiger partial charge < -0.3 is 4.43 Å². The van der Waals surface area contributed by atoms with Crippen molar-refractivity contribution in [3.8, 4) is 0 Å². The van der Waals surface area contributed by atoms with Crippen LogP contribution < -0.4 is 0 Å². The monoisotopic (exact) mass is 200 g/mol. The van der Waals surface area contributed by atoms with Crippen molar-refractivity contribution in [2.24, 2.45) is 5.92 Å². The lowest BCUT2D eigenvalue weighted by Gasteiger charge is -2.38. The molecule has 2 unspecified atom stereocenters. The van der Waals surface area contributed by atoms with E-state index in [1.54, 1.807) is 0 Å². The lowest BCUT2D eigenvalue weighted by atomic mass is 9.81. The molecule has 76 valence electrons. The van der Waals surface area contributed by atoms with Gasteiger partial charge in [0.2, 0.25) is 9.76 Å². The molecule has 3 heteroatoms. The zero-order chi connectivity index (χ0) is 9.90. The lowest BCUT2D eigenvalue weighted by Crippen LogP contribution is -2.30. The molecule has 0 N–H and O–H groups in total. The van der Waals surface area contributed by atoms with Crippen LogP contribution in [-0.4, -0.2) is 15.7 Å². The Kier molecular flexibility index (Phi) is 3.53. The van der Waals surface area contributed by atoms with E-state index in [0.29, 0.717) is 5.04 Å². The molecule has 1 rings (SSSR count). The highest BCUT2D eigenvalue weighted by atomic mass is 28.2. The number of hydrogen-bond donors (Lipinski definition) is 0. The molecule has 1 fully saturated rings. The standard InChI is InChI=1S/C10H20O2Si/c1-8-6-4-5-7-10(8,3)13-12-9(2)11/h8H,4-7,13H2,1-3H3. The van der Waals surface area contributed by atoms with Gasteiger partial charge in [0.15, 0.2) is 0 Å². The first-order chi connectivity index (χ1) is 6.04. The molecule has 0 radical (unpaired) electrons. The third-order valence-corrected chi connectivity index (χ3v) is 5.69.